The molecule has 0 aliphatic carbocycles. The van der Waals surface area contributed by atoms with E-state index in [1.165, 1.54) is 16.8 Å². The Balaban J connectivity index is 1.36. The van der Waals surface area contributed by atoms with Crippen LogP contribution in [0.2, 0.25) is 0 Å². The number of hydrogen-bond donors (Lipinski definition) is 1. The van der Waals surface area contributed by atoms with Crippen LogP contribution in [0.1, 0.15) is 48.1 Å². The maximum Gasteiger partial charge on any atom is 0.353 e. The first-order valence-corrected chi connectivity index (χ1v) is 16.9. The van der Waals surface area contributed by atoms with Crippen LogP contribution in [0.25, 0.3) is 5.69 Å². The lowest BCUT2D eigenvalue weighted by atomic mass is 9.92. The second-order valence-corrected chi connectivity index (χ2v) is 14.0. The number of rotatable bonds is 7. The Hall–Kier alpha value is -4.82. The zero-order valence-electron chi connectivity index (χ0n) is 27.2. The van der Waals surface area contributed by atoms with Crippen LogP contribution in [0.5, 0.6) is 0 Å². The number of hydrogen-bond acceptors (Lipinski definition) is 8. The average molecular weight is 664 g/mol. The number of pyridine rings is 1. The third-order valence-electron chi connectivity index (χ3n) is 7.65. The SMILES string of the molecule is Cc1ccc(-n2nc(C(C)(C)C)cc2N(OS(C)(=O)=O)C(=O)Nc2ccc(N3CCN(C(=O)c4ccccc4F)CC3)nc2C)cc1. The maximum absolute atomic E-state index is 14.2. The van der Waals surface area contributed by atoms with E-state index in [1.54, 1.807) is 42.2 Å². The van der Waals surface area contributed by atoms with Crippen LogP contribution in [-0.2, 0) is 19.8 Å². The topological polar surface area (TPSA) is 130 Å². The van der Waals surface area contributed by atoms with E-state index in [1.807, 2.05) is 56.9 Å². The van der Waals surface area contributed by atoms with Gasteiger partial charge in [-0.3, -0.25) is 4.79 Å². The van der Waals surface area contributed by atoms with E-state index in [0.29, 0.717) is 59.8 Å². The van der Waals surface area contributed by atoms with Gasteiger partial charge in [0, 0.05) is 37.7 Å². The van der Waals surface area contributed by atoms with Gasteiger partial charge in [0.2, 0.25) is 0 Å². The van der Waals surface area contributed by atoms with Gasteiger partial charge >= 0.3 is 6.03 Å². The lowest BCUT2D eigenvalue weighted by molar-refractivity contribution is 0.0741. The molecule has 1 N–H and O–H groups in total. The Labute approximate surface area is 273 Å². The van der Waals surface area contributed by atoms with Crippen molar-refractivity contribution in [3.05, 3.63) is 95.1 Å². The van der Waals surface area contributed by atoms with Crippen molar-refractivity contribution in [3.63, 3.8) is 0 Å². The fraction of sp³-hybridized carbons (Fsp3) is 0.333. The number of urea groups is 1. The van der Waals surface area contributed by atoms with Crippen LogP contribution in [-0.4, -0.2) is 72.5 Å². The summed E-state index contributed by atoms with van der Waals surface area (Å²) in [7, 11) is -4.15. The largest absolute Gasteiger partial charge is 0.353 e. The molecule has 4 aromatic rings. The summed E-state index contributed by atoms with van der Waals surface area (Å²) in [5.41, 5.74) is 2.67. The van der Waals surface area contributed by atoms with Crippen molar-refractivity contribution in [2.75, 3.05) is 47.7 Å². The first-order valence-electron chi connectivity index (χ1n) is 15.1. The normalized spacial score (nSPS) is 13.9. The van der Waals surface area contributed by atoms with Gasteiger partial charge in [-0.25, -0.2) is 18.9 Å². The molecular weight excluding hydrogens is 625 g/mol. The predicted molar refractivity (Wildman–Crippen MR) is 178 cm³/mol. The maximum atomic E-state index is 14.2. The molecule has 0 saturated carbocycles. The number of nitrogens with zero attached hydrogens (tertiary/aromatic N) is 6. The minimum Gasteiger partial charge on any atom is -0.353 e. The number of aryl methyl sites for hydroxylation is 2. The van der Waals surface area contributed by atoms with Crippen LogP contribution in [0, 0.1) is 19.7 Å². The van der Waals surface area contributed by atoms with E-state index in [4.69, 9.17) is 9.38 Å². The zero-order chi connectivity index (χ0) is 34.1. The molecule has 1 aliphatic rings. The standard InChI is InChI=1S/C33H38FN7O5S/c1-22-11-13-24(14-12-22)40-30(21-28(37-40)33(3,4)5)41(46-47(6,44)45)32(43)36-27-15-16-29(35-23(27)2)38-17-19-39(20-18-38)31(42)25-9-7-8-10-26(25)34/h7-16,21H,17-20H2,1-6H3,(H,36,43). The highest BCUT2D eigenvalue weighted by atomic mass is 32.2. The molecule has 0 atom stereocenters. The van der Waals surface area contributed by atoms with Crippen LogP contribution < -0.4 is 15.3 Å². The quantitative estimate of drug-likeness (QED) is 0.267. The molecule has 2 aromatic carbocycles. The molecule has 0 unspecified atom stereocenters. The highest BCUT2D eigenvalue weighted by molar-refractivity contribution is 7.86. The smallest absolute Gasteiger partial charge is 0.353 e. The molecule has 1 saturated heterocycles. The summed E-state index contributed by atoms with van der Waals surface area (Å²) in [4.78, 5) is 34.8. The molecule has 3 amide bonds. The van der Waals surface area contributed by atoms with Gasteiger partial charge in [0.15, 0.2) is 5.82 Å². The zero-order valence-corrected chi connectivity index (χ0v) is 28.0. The fourth-order valence-corrected chi connectivity index (χ4v) is 5.45. The van der Waals surface area contributed by atoms with Crippen LogP contribution in [0.3, 0.4) is 0 Å². The molecular formula is C33H38FN7O5S. The summed E-state index contributed by atoms with van der Waals surface area (Å²) in [6.45, 7) is 11.3. The molecule has 12 nitrogen and oxygen atoms in total. The highest BCUT2D eigenvalue weighted by Crippen LogP contribution is 2.30. The van der Waals surface area contributed by atoms with Gasteiger partial charge in [-0.15, -0.1) is 9.35 Å². The first-order chi connectivity index (χ1) is 22.1. The lowest BCUT2D eigenvalue weighted by Gasteiger charge is -2.35. The van der Waals surface area contributed by atoms with E-state index in [2.05, 4.69) is 10.3 Å². The van der Waals surface area contributed by atoms with Crippen LogP contribution in [0.4, 0.5) is 26.5 Å². The average Bonchev–Trinajstić information content (AvgIpc) is 3.47. The van der Waals surface area contributed by atoms with Gasteiger partial charge in [0.25, 0.3) is 16.0 Å². The third kappa shape index (κ3) is 7.77. The Morgan fingerprint density at radius 2 is 1.62 bits per heavy atom. The number of nitrogens with one attached hydrogen (secondary N) is 1. The van der Waals surface area contributed by atoms with Gasteiger partial charge in [0.05, 0.1) is 34.6 Å². The monoisotopic (exact) mass is 663 g/mol. The fourth-order valence-electron chi connectivity index (χ4n) is 5.04. The number of carbonyl (C=O) groups excluding carboxylic acids is 2. The van der Waals surface area contributed by atoms with Crippen LogP contribution in [0.15, 0.2) is 66.7 Å². The van der Waals surface area contributed by atoms with Gasteiger partial charge in [-0.1, -0.05) is 50.6 Å². The van der Waals surface area contributed by atoms with E-state index < -0.39 is 27.4 Å². The van der Waals surface area contributed by atoms with Crippen molar-refractivity contribution < 1.29 is 26.7 Å². The molecule has 1 fully saturated rings. The van der Waals surface area contributed by atoms with E-state index >= 15 is 0 Å². The van der Waals surface area contributed by atoms with Crippen molar-refractivity contribution in [3.8, 4) is 5.69 Å². The van der Waals surface area contributed by atoms with Gasteiger partial charge in [-0.2, -0.15) is 13.5 Å². The number of halogens is 1. The molecule has 0 bridgehead atoms. The third-order valence-corrected chi connectivity index (χ3v) is 8.07. The minimum atomic E-state index is -4.15. The summed E-state index contributed by atoms with van der Waals surface area (Å²) in [6.07, 6.45) is 0.857. The van der Waals surface area contributed by atoms with Crippen molar-refractivity contribution in [2.45, 2.75) is 40.0 Å². The predicted octanol–water partition coefficient (Wildman–Crippen LogP) is 5.21. The van der Waals surface area contributed by atoms with E-state index in [0.717, 1.165) is 11.8 Å². The number of benzene rings is 2. The summed E-state index contributed by atoms with van der Waals surface area (Å²) in [5, 5.41) is 8.11. The number of amides is 3. The molecule has 248 valence electrons. The van der Waals surface area contributed by atoms with Gasteiger partial charge < -0.3 is 15.1 Å². The Kier molecular flexibility index (Phi) is 9.36. The highest BCUT2D eigenvalue weighted by Gasteiger charge is 2.31. The molecule has 3 heterocycles. The summed E-state index contributed by atoms with van der Waals surface area (Å²) >= 11 is 0. The summed E-state index contributed by atoms with van der Waals surface area (Å²) in [5.74, 6) is -0.185. The van der Waals surface area contributed by atoms with E-state index in [-0.39, 0.29) is 17.3 Å². The van der Waals surface area contributed by atoms with E-state index in [9.17, 15) is 22.4 Å². The molecule has 0 spiro atoms. The Bertz CT molecular complexity index is 1900. The number of anilines is 3. The molecule has 2 aromatic heterocycles. The van der Waals surface area contributed by atoms with Gasteiger partial charge in [0.1, 0.15) is 11.6 Å². The second-order valence-electron chi connectivity index (χ2n) is 12.4. The van der Waals surface area contributed by atoms with Crippen LogP contribution >= 0.6 is 0 Å². The number of piperazine rings is 1. The molecule has 47 heavy (non-hydrogen) atoms. The summed E-state index contributed by atoms with van der Waals surface area (Å²) < 4.78 is 45.6. The first kappa shape index (κ1) is 33.5. The minimum absolute atomic E-state index is 0.0421. The lowest BCUT2D eigenvalue weighted by Crippen LogP contribution is -2.49. The Morgan fingerprint density at radius 1 is 0.957 bits per heavy atom. The summed E-state index contributed by atoms with van der Waals surface area (Å²) in [6, 6.07) is 17.5. The van der Waals surface area contributed by atoms with Crippen molar-refractivity contribution in [1.82, 2.24) is 19.7 Å². The number of aromatic nitrogens is 3. The van der Waals surface area contributed by atoms with Crippen molar-refractivity contribution in [1.29, 1.82) is 0 Å². The van der Waals surface area contributed by atoms with Gasteiger partial charge in [-0.05, 0) is 50.2 Å². The molecule has 5 rings (SSSR count). The molecule has 1 aliphatic heterocycles. The second kappa shape index (κ2) is 13.1. The number of carbonyl (C=O) groups is 2. The van der Waals surface area contributed by atoms with Crippen molar-refractivity contribution >= 4 is 39.4 Å². The van der Waals surface area contributed by atoms with Crippen molar-refractivity contribution in [2.24, 2.45) is 0 Å². The molecule has 0 radical (unpaired) electrons. The number of hydroxylamine groups is 1. The Morgan fingerprint density at radius 3 is 2.21 bits per heavy atom. The molecule has 14 heteroatoms.